The van der Waals surface area contributed by atoms with Gasteiger partial charge in [0.2, 0.25) is 11.7 Å². The SMILES string of the molecule is COc1ccc(-c2noc(C3(CN)CC3)n2)cc1OC. The van der Waals surface area contributed by atoms with Crippen LogP contribution in [0.15, 0.2) is 22.7 Å². The largest absolute Gasteiger partial charge is 0.493 e. The number of methoxy groups -OCH3 is 2. The molecule has 1 aliphatic carbocycles. The van der Waals surface area contributed by atoms with Crippen LogP contribution in [-0.4, -0.2) is 30.9 Å². The van der Waals surface area contributed by atoms with Gasteiger partial charge in [0.1, 0.15) is 0 Å². The summed E-state index contributed by atoms with van der Waals surface area (Å²) in [5, 5.41) is 4.03. The molecule has 2 aromatic rings. The van der Waals surface area contributed by atoms with Crippen molar-refractivity contribution in [2.75, 3.05) is 20.8 Å². The first-order valence-corrected chi connectivity index (χ1v) is 6.49. The highest BCUT2D eigenvalue weighted by atomic mass is 16.5. The van der Waals surface area contributed by atoms with Gasteiger partial charge >= 0.3 is 0 Å². The molecule has 0 bridgehead atoms. The lowest BCUT2D eigenvalue weighted by atomic mass is 10.1. The van der Waals surface area contributed by atoms with E-state index < -0.39 is 0 Å². The summed E-state index contributed by atoms with van der Waals surface area (Å²) in [7, 11) is 3.19. The number of ether oxygens (including phenoxy) is 2. The van der Waals surface area contributed by atoms with E-state index in [1.807, 2.05) is 18.2 Å². The molecule has 0 aliphatic heterocycles. The Balaban J connectivity index is 1.93. The maximum absolute atomic E-state index is 5.77. The Kier molecular flexibility index (Phi) is 3.10. The van der Waals surface area contributed by atoms with Crippen LogP contribution in [0.2, 0.25) is 0 Å². The fourth-order valence-electron chi connectivity index (χ4n) is 2.19. The number of rotatable bonds is 5. The van der Waals surface area contributed by atoms with E-state index in [1.165, 1.54) is 0 Å². The minimum Gasteiger partial charge on any atom is -0.493 e. The van der Waals surface area contributed by atoms with Crippen LogP contribution in [0.5, 0.6) is 11.5 Å². The van der Waals surface area contributed by atoms with Crippen LogP contribution in [0, 0.1) is 0 Å². The van der Waals surface area contributed by atoms with Crippen LogP contribution in [0.4, 0.5) is 0 Å². The minimum absolute atomic E-state index is 0.0954. The molecule has 6 heteroatoms. The normalized spacial score (nSPS) is 15.9. The van der Waals surface area contributed by atoms with E-state index in [2.05, 4.69) is 10.1 Å². The van der Waals surface area contributed by atoms with E-state index in [0.717, 1.165) is 18.4 Å². The van der Waals surface area contributed by atoms with Crippen molar-refractivity contribution in [3.8, 4) is 22.9 Å². The van der Waals surface area contributed by atoms with Crippen LogP contribution in [-0.2, 0) is 5.41 Å². The molecule has 1 aromatic heterocycles. The predicted molar refractivity (Wildman–Crippen MR) is 72.8 cm³/mol. The predicted octanol–water partition coefficient (Wildman–Crippen LogP) is 1.74. The van der Waals surface area contributed by atoms with Gasteiger partial charge in [0.25, 0.3) is 0 Å². The molecule has 106 valence electrons. The van der Waals surface area contributed by atoms with Gasteiger partial charge in [-0.3, -0.25) is 0 Å². The minimum atomic E-state index is -0.0954. The summed E-state index contributed by atoms with van der Waals surface area (Å²) in [6, 6.07) is 5.52. The van der Waals surface area contributed by atoms with Gasteiger partial charge in [-0.1, -0.05) is 5.16 Å². The molecule has 6 nitrogen and oxygen atoms in total. The Morgan fingerprint density at radius 1 is 1.25 bits per heavy atom. The van der Waals surface area contributed by atoms with Crippen LogP contribution < -0.4 is 15.2 Å². The molecular weight excluding hydrogens is 258 g/mol. The highest BCUT2D eigenvalue weighted by Gasteiger charge is 2.48. The second-order valence-electron chi connectivity index (χ2n) is 4.98. The summed E-state index contributed by atoms with van der Waals surface area (Å²) >= 11 is 0. The molecule has 1 heterocycles. The summed E-state index contributed by atoms with van der Waals surface area (Å²) in [5.74, 6) is 2.47. The second-order valence-corrected chi connectivity index (χ2v) is 4.98. The lowest BCUT2D eigenvalue weighted by Crippen LogP contribution is -2.19. The monoisotopic (exact) mass is 275 g/mol. The van der Waals surface area contributed by atoms with E-state index in [4.69, 9.17) is 19.7 Å². The van der Waals surface area contributed by atoms with E-state index in [-0.39, 0.29) is 5.41 Å². The zero-order valence-electron chi connectivity index (χ0n) is 11.5. The number of nitrogens with two attached hydrogens (primary N) is 1. The number of aromatic nitrogens is 2. The van der Waals surface area contributed by atoms with E-state index >= 15 is 0 Å². The van der Waals surface area contributed by atoms with Crippen molar-refractivity contribution in [1.82, 2.24) is 10.1 Å². The maximum Gasteiger partial charge on any atom is 0.234 e. The molecule has 20 heavy (non-hydrogen) atoms. The molecule has 0 saturated heterocycles. The quantitative estimate of drug-likeness (QED) is 0.895. The Bertz CT molecular complexity index is 620. The Hall–Kier alpha value is -2.08. The Morgan fingerprint density at radius 2 is 2.00 bits per heavy atom. The van der Waals surface area contributed by atoms with Crippen molar-refractivity contribution in [2.45, 2.75) is 18.3 Å². The molecule has 1 aliphatic rings. The first-order chi connectivity index (χ1) is 9.72. The first kappa shape index (κ1) is 12.9. The fraction of sp³-hybridized carbons (Fsp3) is 0.429. The van der Waals surface area contributed by atoms with E-state index in [1.54, 1.807) is 14.2 Å². The third kappa shape index (κ3) is 2.02. The average Bonchev–Trinajstić information content (AvgIpc) is 3.15. The number of hydrogen-bond donors (Lipinski definition) is 1. The summed E-state index contributed by atoms with van der Waals surface area (Å²) in [6.45, 7) is 0.542. The zero-order chi connectivity index (χ0) is 14.2. The van der Waals surface area contributed by atoms with Gasteiger partial charge in [-0.05, 0) is 31.0 Å². The number of nitrogens with zero attached hydrogens (tertiary/aromatic N) is 2. The lowest BCUT2D eigenvalue weighted by molar-refractivity contribution is 0.347. The Labute approximate surface area is 116 Å². The highest BCUT2D eigenvalue weighted by Crippen LogP contribution is 2.46. The van der Waals surface area contributed by atoms with E-state index in [0.29, 0.717) is 29.8 Å². The molecule has 1 fully saturated rings. The third-order valence-electron chi connectivity index (χ3n) is 3.77. The van der Waals surface area contributed by atoms with Crippen LogP contribution >= 0.6 is 0 Å². The molecule has 0 unspecified atom stereocenters. The molecule has 0 radical (unpaired) electrons. The van der Waals surface area contributed by atoms with Crippen molar-refractivity contribution in [1.29, 1.82) is 0 Å². The topological polar surface area (TPSA) is 83.4 Å². The van der Waals surface area contributed by atoms with Crippen molar-refractivity contribution in [3.63, 3.8) is 0 Å². The van der Waals surface area contributed by atoms with Gasteiger partial charge in [0.05, 0.1) is 19.6 Å². The standard InChI is InChI=1S/C14H17N3O3/c1-18-10-4-3-9(7-11(10)19-2)12-16-13(20-17-12)14(8-15)5-6-14/h3-4,7H,5-6,8,15H2,1-2H3. The highest BCUT2D eigenvalue weighted by molar-refractivity contribution is 5.60. The number of hydrogen-bond acceptors (Lipinski definition) is 6. The zero-order valence-corrected chi connectivity index (χ0v) is 11.5. The van der Waals surface area contributed by atoms with Gasteiger partial charge in [0, 0.05) is 12.1 Å². The van der Waals surface area contributed by atoms with Crippen molar-refractivity contribution >= 4 is 0 Å². The van der Waals surface area contributed by atoms with Gasteiger partial charge in [0.15, 0.2) is 11.5 Å². The van der Waals surface area contributed by atoms with Gasteiger partial charge in [-0.25, -0.2) is 0 Å². The van der Waals surface area contributed by atoms with Crippen LogP contribution in [0.1, 0.15) is 18.7 Å². The first-order valence-electron chi connectivity index (χ1n) is 6.49. The summed E-state index contributed by atoms with van der Waals surface area (Å²) in [6.07, 6.45) is 2.02. The molecule has 0 atom stereocenters. The third-order valence-corrected chi connectivity index (χ3v) is 3.77. The number of benzene rings is 1. The van der Waals surface area contributed by atoms with Crippen LogP contribution in [0.25, 0.3) is 11.4 Å². The molecule has 1 aromatic carbocycles. The summed E-state index contributed by atoms with van der Waals surface area (Å²) < 4.78 is 15.8. The van der Waals surface area contributed by atoms with Crippen LogP contribution in [0.3, 0.4) is 0 Å². The van der Waals surface area contributed by atoms with Crippen molar-refractivity contribution in [2.24, 2.45) is 5.73 Å². The summed E-state index contributed by atoms with van der Waals surface area (Å²) in [5.41, 5.74) is 6.50. The molecule has 0 spiro atoms. The van der Waals surface area contributed by atoms with E-state index in [9.17, 15) is 0 Å². The molecule has 0 amide bonds. The lowest BCUT2D eigenvalue weighted by Gasteiger charge is -2.07. The van der Waals surface area contributed by atoms with Gasteiger partial charge < -0.3 is 19.7 Å². The second kappa shape index (κ2) is 4.79. The maximum atomic E-state index is 5.77. The van der Waals surface area contributed by atoms with Crippen molar-refractivity contribution < 1.29 is 14.0 Å². The molecular formula is C14H17N3O3. The molecule has 2 N–H and O–H groups in total. The van der Waals surface area contributed by atoms with Crippen molar-refractivity contribution in [3.05, 3.63) is 24.1 Å². The summed E-state index contributed by atoms with van der Waals surface area (Å²) in [4.78, 5) is 4.46. The van der Waals surface area contributed by atoms with Gasteiger partial charge in [-0.2, -0.15) is 4.98 Å². The fourth-order valence-corrected chi connectivity index (χ4v) is 2.19. The average molecular weight is 275 g/mol. The smallest absolute Gasteiger partial charge is 0.234 e. The molecule has 3 rings (SSSR count). The Morgan fingerprint density at radius 3 is 2.60 bits per heavy atom. The molecule has 1 saturated carbocycles. The van der Waals surface area contributed by atoms with Gasteiger partial charge in [-0.15, -0.1) is 0 Å².